The summed E-state index contributed by atoms with van der Waals surface area (Å²) in [6.07, 6.45) is 1.29. The Hall–Kier alpha value is -3.91. The number of hydrogen-bond donors (Lipinski definition) is 0. The first kappa shape index (κ1) is 29.2. The van der Waals surface area contributed by atoms with Crippen molar-refractivity contribution in [2.75, 3.05) is 31.9 Å². The van der Waals surface area contributed by atoms with Crippen LogP contribution >= 0.6 is 23.4 Å². The number of benzene rings is 4. The lowest BCUT2D eigenvalue weighted by Gasteiger charge is -2.40. The predicted octanol–water partition coefficient (Wildman–Crippen LogP) is 7.39. The molecule has 1 saturated heterocycles. The van der Waals surface area contributed by atoms with E-state index in [1.807, 2.05) is 64.1 Å². The average molecular weight is 608 g/mol. The molecule has 0 N–H and O–H groups in total. The van der Waals surface area contributed by atoms with Crippen molar-refractivity contribution in [3.05, 3.63) is 131 Å². The van der Waals surface area contributed by atoms with Gasteiger partial charge in [-0.3, -0.25) is 14.3 Å². The minimum atomic E-state index is 0.189. The van der Waals surface area contributed by atoms with E-state index in [4.69, 9.17) is 11.6 Å². The van der Waals surface area contributed by atoms with E-state index in [0.717, 1.165) is 54.8 Å². The second-order valence-corrected chi connectivity index (χ2v) is 12.0. The Morgan fingerprint density at radius 1 is 0.744 bits per heavy atom. The van der Waals surface area contributed by atoms with Gasteiger partial charge >= 0.3 is 0 Å². The molecule has 0 bridgehead atoms. The van der Waals surface area contributed by atoms with Gasteiger partial charge in [0.05, 0.1) is 11.1 Å². The van der Waals surface area contributed by atoms with Gasteiger partial charge in [0.1, 0.15) is 0 Å². The zero-order chi connectivity index (χ0) is 29.4. The van der Waals surface area contributed by atoms with Crippen LogP contribution < -0.4 is 0 Å². The number of nitrogens with zero attached hydrogens (tertiary/aromatic N) is 5. The molecule has 1 amide bonds. The van der Waals surface area contributed by atoms with Crippen molar-refractivity contribution >= 4 is 29.3 Å². The molecule has 1 aliphatic rings. The number of thioether (sulfide) groups is 1. The van der Waals surface area contributed by atoms with Gasteiger partial charge in [-0.15, -0.1) is 10.2 Å². The molecule has 6 rings (SSSR count). The summed E-state index contributed by atoms with van der Waals surface area (Å²) in [6.45, 7) is 3.18. The summed E-state index contributed by atoms with van der Waals surface area (Å²) in [7, 11) is 0. The third-order valence-electron chi connectivity index (χ3n) is 7.79. The predicted molar refractivity (Wildman–Crippen MR) is 175 cm³/mol. The van der Waals surface area contributed by atoms with Crippen LogP contribution in [0.15, 0.2) is 120 Å². The lowest BCUT2D eigenvalue weighted by Crippen LogP contribution is -2.49. The van der Waals surface area contributed by atoms with Crippen LogP contribution in [0, 0.1) is 0 Å². The van der Waals surface area contributed by atoms with E-state index in [-0.39, 0.29) is 11.9 Å². The number of piperazine rings is 1. The van der Waals surface area contributed by atoms with Crippen LogP contribution in [-0.2, 0) is 4.79 Å². The van der Waals surface area contributed by atoms with Gasteiger partial charge in [0.25, 0.3) is 0 Å². The van der Waals surface area contributed by atoms with Crippen LogP contribution in [-0.4, -0.2) is 62.4 Å². The van der Waals surface area contributed by atoms with Crippen LogP contribution in [0.3, 0.4) is 0 Å². The first-order chi connectivity index (χ1) is 21.2. The minimum absolute atomic E-state index is 0.189. The summed E-state index contributed by atoms with van der Waals surface area (Å²) in [6, 6.07) is 39.2. The van der Waals surface area contributed by atoms with Crippen molar-refractivity contribution in [3.63, 3.8) is 0 Å². The Bertz CT molecular complexity index is 1580. The van der Waals surface area contributed by atoms with Crippen molar-refractivity contribution in [2.45, 2.75) is 24.0 Å². The summed E-state index contributed by atoms with van der Waals surface area (Å²) in [5, 5.41) is 10.4. The first-order valence-corrected chi connectivity index (χ1v) is 16.1. The van der Waals surface area contributed by atoms with Gasteiger partial charge < -0.3 is 4.90 Å². The maximum Gasteiger partial charge on any atom is 0.222 e. The van der Waals surface area contributed by atoms with Crippen molar-refractivity contribution in [2.24, 2.45) is 0 Å². The Labute approximate surface area is 262 Å². The number of amides is 1. The molecule has 1 aromatic heterocycles. The van der Waals surface area contributed by atoms with Crippen LogP contribution in [0.25, 0.3) is 17.1 Å². The van der Waals surface area contributed by atoms with Crippen LogP contribution in [0.4, 0.5) is 0 Å². The fourth-order valence-corrected chi connectivity index (χ4v) is 6.76. The van der Waals surface area contributed by atoms with Crippen molar-refractivity contribution in [1.82, 2.24) is 24.6 Å². The summed E-state index contributed by atoms with van der Waals surface area (Å²) >= 11 is 8.14. The normalized spacial score (nSPS) is 13.9. The smallest absolute Gasteiger partial charge is 0.222 e. The number of carbonyl (C=O) groups is 1. The molecule has 0 aliphatic carbocycles. The molecule has 218 valence electrons. The lowest BCUT2D eigenvalue weighted by molar-refractivity contribution is -0.133. The van der Waals surface area contributed by atoms with Gasteiger partial charge in [0.2, 0.25) is 5.91 Å². The summed E-state index contributed by atoms with van der Waals surface area (Å²) < 4.78 is 2.04. The lowest BCUT2D eigenvalue weighted by atomic mass is 9.96. The standard InChI is InChI=1S/C35H34ClN5OS/c36-31-20-11-10-19-30(31)34-37-38-35(41(34)29-17-8-3-9-18-29)43-26-12-21-32(42)39-22-24-40(25-23-39)33(27-13-4-1-5-14-27)28-15-6-2-7-16-28/h1-11,13-20,33H,12,21-26H2. The second-order valence-electron chi connectivity index (χ2n) is 10.5. The van der Waals surface area contributed by atoms with E-state index in [1.165, 1.54) is 11.1 Å². The molecule has 1 fully saturated rings. The number of hydrogen-bond acceptors (Lipinski definition) is 5. The summed E-state index contributed by atoms with van der Waals surface area (Å²) in [5.41, 5.74) is 4.38. The van der Waals surface area contributed by atoms with E-state index in [1.54, 1.807) is 11.8 Å². The highest BCUT2D eigenvalue weighted by Crippen LogP contribution is 2.33. The Kier molecular flexibility index (Phi) is 9.53. The van der Waals surface area contributed by atoms with E-state index < -0.39 is 0 Å². The largest absolute Gasteiger partial charge is 0.340 e. The SMILES string of the molecule is O=C(CCCSc1nnc(-c2ccccc2Cl)n1-c1ccccc1)N1CCN(C(c2ccccc2)c2ccccc2)CC1. The van der Waals surface area contributed by atoms with Crippen LogP contribution in [0.2, 0.25) is 5.02 Å². The van der Waals surface area contributed by atoms with Crippen LogP contribution in [0.1, 0.15) is 30.0 Å². The molecular weight excluding hydrogens is 574 g/mol. The van der Waals surface area contributed by atoms with E-state index in [2.05, 4.69) is 75.8 Å². The van der Waals surface area contributed by atoms with Crippen molar-refractivity contribution in [1.29, 1.82) is 0 Å². The van der Waals surface area contributed by atoms with Gasteiger partial charge in [0.15, 0.2) is 11.0 Å². The molecule has 43 heavy (non-hydrogen) atoms. The molecular formula is C35H34ClN5OS. The number of halogens is 1. The Morgan fingerprint density at radius 3 is 1.95 bits per heavy atom. The van der Waals surface area contributed by atoms with Crippen molar-refractivity contribution in [3.8, 4) is 17.1 Å². The molecule has 5 aromatic rings. The van der Waals surface area contributed by atoms with E-state index >= 15 is 0 Å². The van der Waals surface area contributed by atoms with Crippen molar-refractivity contribution < 1.29 is 4.79 Å². The van der Waals surface area contributed by atoms with Crippen LogP contribution in [0.5, 0.6) is 0 Å². The molecule has 2 heterocycles. The minimum Gasteiger partial charge on any atom is -0.340 e. The van der Waals surface area contributed by atoms with E-state index in [0.29, 0.717) is 17.3 Å². The molecule has 6 nitrogen and oxygen atoms in total. The average Bonchev–Trinajstić information content (AvgIpc) is 3.48. The first-order valence-electron chi connectivity index (χ1n) is 14.7. The maximum atomic E-state index is 13.2. The summed E-state index contributed by atoms with van der Waals surface area (Å²) in [4.78, 5) is 17.7. The monoisotopic (exact) mass is 607 g/mol. The van der Waals surface area contributed by atoms with Gasteiger partial charge in [0, 0.05) is 49.6 Å². The number of carbonyl (C=O) groups excluding carboxylic acids is 1. The number of rotatable bonds is 10. The molecule has 0 radical (unpaired) electrons. The highest BCUT2D eigenvalue weighted by Gasteiger charge is 2.28. The fourth-order valence-electron chi connectivity index (χ4n) is 5.65. The highest BCUT2D eigenvalue weighted by atomic mass is 35.5. The van der Waals surface area contributed by atoms with Gasteiger partial charge in [-0.2, -0.15) is 0 Å². The zero-order valence-corrected chi connectivity index (χ0v) is 25.5. The molecule has 0 spiro atoms. The van der Waals surface area contributed by atoms with E-state index in [9.17, 15) is 4.79 Å². The summed E-state index contributed by atoms with van der Waals surface area (Å²) in [5.74, 6) is 1.69. The highest BCUT2D eigenvalue weighted by molar-refractivity contribution is 7.99. The number of para-hydroxylation sites is 1. The Balaban J connectivity index is 1.06. The maximum absolute atomic E-state index is 13.2. The number of aromatic nitrogens is 3. The molecule has 4 aromatic carbocycles. The molecule has 0 saturated carbocycles. The molecule has 8 heteroatoms. The quantitative estimate of drug-likeness (QED) is 0.122. The van der Waals surface area contributed by atoms with Gasteiger partial charge in [-0.25, -0.2) is 0 Å². The molecule has 0 atom stereocenters. The third kappa shape index (κ3) is 6.85. The van der Waals surface area contributed by atoms with Gasteiger partial charge in [-0.05, 0) is 41.8 Å². The van der Waals surface area contributed by atoms with Gasteiger partial charge in [-0.1, -0.05) is 114 Å². The Morgan fingerprint density at radius 2 is 1.33 bits per heavy atom. The zero-order valence-electron chi connectivity index (χ0n) is 23.9. The third-order valence-corrected chi connectivity index (χ3v) is 9.14. The topological polar surface area (TPSA) is 54.3 Å². The second kappa shape index (κ2) is 14.0. The fraction of sp³-hybridized carbons (Fsp3) is 0.229. The molecule has 0 unspecified atom stereocenters. The molecule has 1 aliphatic heterocycles.